The van der Waals surface area contributed by atoms with Crippen molar-refractivity contribution in [3.05, 3.63) is 0 Å². The molecule has 202 valence electrons. The van der Waals surface area contributed by atoms with Crippen LogP contribution >= 0.6 is 0 Å². The molecule has 0 bridgehead atoms. The zero-order valence-corrected chi connectivity index (χ0v) is 21.2. The molecule has 2 heterocycles. The summed E-state index contributed by atoms with van der Waals surface area (Å²) < 4.78 is 60.6. The molecule has 2 fully saturated rings. The van der Waals surface area contributed by atoms with E-state index >= 15 is 0 Å². The second kappa shape index (κ2) is 14.3. The normalized spacial score (nSPS) is 23.4. The van der Waals surface area contributed by atoms with Gasteiger partial charge in [-0.3, -0.25) is 24.2 Å². The Kier molecular flexibility index (Phi) is 12.5. The molecule has 2 saturated heterocycles. The van der Waals surface area contributed by atoms with E-state index in [1.807, 2.05) is 14.7 Å². The van der Waals surface area contributed by atoms with Crippen LogP contribution in [-0.4, -0.2) is 165 Å². The molecule has 0 aromatic carbocycles. The third-order valence-corrected chi connectivity index (χ3v) is 8.18. The lowest BCUT2D eigenvalue weighted by Crippen LogP contribution is -2.54. The second-order valence-corrected chi connectivity index (χ2v) is 12.1. The predicted molar refractivity (Wildman–Crippen MR) is 125 cm³/mol. The lowest BCUT2D eigenvalue weighted by Gasteiger charge is -2.41. The molecule has 0 saturated carbocycles. The van der Waals surface area contributed by atoms with Crippen molar-refractivity contribution < 1.29 is 40.9 Å². The number of nitrogens with zero attached hydrogens (tertiary/aromatic N) is 4. The first-order valence-electron chi connectivity index (χ1n) is 11.7. The lowest BCUT2D eigenvalue weighted by atomic mass is 10.1. The monoisotopic (exact) mass is 532 g/mol. The minimum Gasteiger partial charge on any atom is -0.395 e. The highest BCUT2D eigenvalue weighted by Crippen LogP contribution is 2.17. The molecule has 0 radical (unpaired) electrons. The predicted octanol–water partition coefficient (Wildman–Crippen LogP) is -3.09. The van der Waals surface area contributed by atoms with Gasteiger partial charge >= 0.3 is 0 Å². The fraction of sp³-hybridized carbons (Fsp3) is 1.00. The van der Waals surface area contributed by atoms with E-state index in [1.54, 1.807) is 0 Å². The van der Waals surface area contributed by atoms with Gasteiger partial charge in [-0.25, -0.2) is 4.18 Å². The molecule has 0 aromatic heterocycles. The van der Waals surface area contributed by atoms with Gasteiger partial charge in [0.05, 0.1) is 24.7 Å². The maximum atomic E-state index is 12.3. The van der Waals surface area contributed by atoms with Crippen molar-refractivity contribution in [1.29, 1.82) is 0 Å². The van der Waals surface area contributed by atoms with Crippen molar-refractivity contribution in [2.45, 2.75) is 25.2 Å². The first-order valence-corrected chi connectivity index (χ1v) is 14.9. The average Bonchev–Trinajstić information content (AvgIpc) is 2.76. The smallest absolute Gasteiger partial charge is 0.271 e. The number of aliphatic hydroxyl groups is 3. The number of hydrogen-bond acceptors (Lipinski definition) is 12. The van der Waals surface area contributed by atoms with Crippen molar-refractivity contribution >= 4 is 20.2 Å². The minimum absolute atomic E-state index is 0.0524. The van der Waals surface area contributed by atoms with Crippen molar-refractivity contribution in [3.8, 4) is 0 Å². The molecule has 4 N–H and O–H groups in total. The fourth-order valence-electron chi connectivity index (χ4n) is 4.32. The van der Waals surface area contributed by atoms with Crippen LogP contribution in [0.4, 0.5) is 0 Å². The highest BCUT2D eigenvalue weighted by atomic mass is 32.2. The van der Waals surface area contributed by atoms with Crippen LogP contribution in [0.15, 0.2) is 0 Å². The summed E-state index contributed by atoms with van der Waals surface area (Å²) in [5.74, 6) is -0.603. The first-order chi connectivity index (χ1) is 16.0. The van der Waals surface area contributed by atoms with Gasteiger partial charge in [0.2, 0.25) is 0 Å². The number of rotatable bonds is 15. The van der Waals surface area contributed by atoms with Crippen LogP contribution in [0.3, 0.4) is 0 Å². The Morgan fingerprint density at radius 2 is 1.35 bits per heavy atom. The number of hydrogen-bond donors (Lipinski definition) is 4. The lowest BCUT2D eigenvalue weighted by molar-refractivity contribution is -0.0299. The summed E-state index contributed by atoms with van der Waals surface area (Å²) in [5, 5.41) is 28.5. The molecule has 0 spiro atoms. The van der Waals surface area contributed by atoms with Crippen molar-refractivity contribution in [2.24, 2.45) is 0 Å². The zero-order chi connectivity index (χ0) is 25.2. The highest BCUT2D eigenvalue weighted by molar-refractivity contribution is 7.86. The molecule has 15 heteroatoms. The molecule has 2 atom stereocenters. The minimum atomic E-state index is -4.07. The first kappa shape index (κ1) is 29.8. The quantitative estimate of drug-likeness (QED) is 0.0951. The molecule has 2 unspecified atom stereocenters. The summed E-state index contributed by atoms with van der Waals surface area (Å²) in [7, 11) is -7.99. The van der Waals surface area contributed by atoms with E-state index in [9.17, 15) is 27.0 Å². The molecule has 0 aromatic rings. The van der Waals surface area contributed by atoms with Gasteiger partial charge in [0.15, 0.2) is 6.29 Å². The Morgan fingerprint density at radius 1 is 0.794 bits per heavy atom. The summed E-state index contributed by atoms with van der Waals surface area (Å²) in [4.78, 5) is 8.02. The summed E-state index contributed by atoms with van der Waals surface area (Å²) >= 11 is 0. The number of β-amino-alcohol motifs (C(OH)–C–C–N with tert-alkyl or cyclic N) is 2. The van der Waals surface area contributed by atoms with Gasteiger partial charge in [-0.05, 0) is 6.42 Å². The molecule has 0 amide bonds. The summed E-state index contributed by atoms with van der Waals surface area (Å²) in [6.45, 7) is 6.10. The van der Waals surface area contributed by atoms with E-state index in [1.165, 1.54) is 0 Å². The molecule has 34 heavy (non-hydrogen) atoms. The van der Waals surface area contributed by atoms with Crippen LogP contribution in [-0.2, 0) is 24.4 Å². The van der Waals surface area contributed by atoms with Crippen LogP contribution < -0.4 is 0 Å². The van der Waals surface area contributed by atoms with Gasteiger partial charge in [0, 0.05) is 84.5 Å². The number of piperazine rings is 2. The maximum Gasteiger partial charge on any atom is 0.271 e. The third kappa shape index (κ3) is 11.5. The molecular formula is C19H40N4O9S2. The highest BCUT2D eigenvalue weighted by Gasteiger charge is 2.29. The topological polar surface area (TPSA) is 171 Å². The zero-order valence-electron chi connectivity index (χ0n) is 19.6. The summed E-state index contributed by atoms with van der Waals surface area (Å²) in [5.41, 5.74) is 0. The van der Waals surface area contributed by atoms with Gasteiger partial charge in [0.25, 0.3) is 20.2 Å². The van der Waals surface area contributed by atoms with Gasteiger partial charge in [-0.1, -0.05) is 0 Å². The van der Waals surface area contributed by atoms with Crippen molar-refractivity contribution in [3.63, 3.8) is 0 Å². The molecular weight excluding hydrogens is 492 g/mol. The second-order valence-electron chi connectivity index (χ2n) is 8.80. The Bertz CT molecular complexity index is 792. The molecule has 2 aliphatic rings. The SMILES string of the molecule is O=S(=O)(O)CCN1CCN(CCO)C(CCC(O)OS(=O)(=O)CCN2CCN(CCO)CC2)C1. The maximum absolute atomic E-state index is 12.3. The van der Waals surface area contributed by atoms with E-state index in [0.29, 0.717) is 58.8 Å². The third-order valence-electron chi connectivity index (χ3n) is 6.28. The van der Waals surface area contributed by atoms with E-state index in [2.05, 4.69) is 4.90 Å². The van der Waals surface area contributed by atoms with Crippen molar-refractivity contribution in [1.82, 2.24) is 19.6 Å². The van der Waals surface area contributed by atoms with Crippen LogP contribution in [0.2, 0.25) is 0 Å². The van der Waals surface area contributed by atoms with E-state index in [0.717, 1.165) is 13.1 Å². The summed E-state index contributed by atoms with van der Waals surface area (Å²) in [6, 6.07) is -0.126. The van der Waals surface area contributed by atoms with Crippen molar-refractivity contribution in [2.75, 3.05) is 96.7 Å². The van der Waals surface area contributed by atoms with E-state index in [-0.39, 0.29) is 43.7 Å². The Hall–Kier alpha value is -0.460. The van der Waals surface area contributed by atoms with Gasteiger partial charge in [-0.15, -0.1) is 0 Å². The van der Waals surface area contributed by atoms with Gasteiger partial charge in [-0.2, -0.15) is 16.8 Å². The van der Waals surface area contributed by atoms with Crippen LogP contribution in [0.5, 0.6) is 0 Å². The van der Waals surface area contributed by atoms with Crippen LogP contribution in [0.25, 0.3) is 0 Å². The van der Waals surface area contributed by atoms with E-state index < -0.39 is 26.5 Å². The average molecular weight is 533 g/mol. The number of aliphatic hydroxyl groups excluding tert-OH is 3. The summed E-state index contributed by atoms with van der Waals surface area (Å²) in [6.07, 6.45) is -1.03. The Morgan fingerprint density at radius 3 is 1.94 bits per heavy atom. The molecule has 13 nitrogen and oxygen atoms in total. The Labute approximate surface area is 202 Å². The Balaban J connectivity index is 1.76. The molecule has 2 aliphatic heterocycles. The fourth-order valence-corrected chi connectivity index (χ4v) is 5.82. The molecule has 0 aliphatic carbocycles. The van der Waals surface area contributed by atoms with Crippen LogP contribution in [0, 0.1) is 0 Å². The van der Waals surface area contributed by atoms with Gasteiger partial charge in [0.1, 0.15) is 0 Å². The standard InChI is InChI=1S/C19H40N4O9S2/c24-13-9-20-3-5-21(6-4-20)12-16-34(30,31)32-19(26)2-1-18-17-22(11-15-33(27,28)29)7-8-23(18)10-14-25/h18-19,24-26H,1-17H2,(H,27,28,29). The van der Waals surface area contributed by atoms with Gasteiger partial charge < -0.3 is 15.3 Å². The largest absolute Gasteiger partial charge is 0.395 e. The van der Waals surface area contributed by atoms with Crippen LogP contribution in [0.1, 0.15) is 12.8 Å². The van der Waals surface area contributed by atoms with E-state index in [4.69, 9.17) is 13.8 Å². The molecule has 2 rings (SSSR count).